The molecule has 1 N–H and O–H groups in total. The standard InChI is InChI=1S/C18H12F3N3O2/c19-9-7-10(20)16(11(21)8-9)23-18(26)15-14(25)5-6-24-13-4-2-1-3-12(13)22-17(15)24/h1-4,7-8,15H,5-6H2,(H,23,26). The summed E-state index contributed by atoms with van der Waals surface area (Å²) in [5, 5.41) is 2.06. The molecule has 2 heterocycles. The number of nitrogens with zero attached hydrogens (tertiary/aromatic N) is 2. The maximum absolute atomic E-state index is 13.8. The van der Waals surface area contributed by atoms with Crippen molar-refractivity contribution in [2.75, 3.05) is 5.32 Å². The summed E-state index contributed by atoms with van der Waals surface area (Å²) in [6.07, 6.45) is 0.0970. The van der Waals surface area contributed by atoms with E-state index in [2.05, 4.69) is 10.3 Å². The van der Waals surface area contributed by atoms with Crippen LogP contribution in [-0.2, 0) is 16.1 Å². The minimum Gasteiger partial charge on any atom is -0.326 e. The monoisotopic (exact) mass is 359 g/mol. The van der Waals surface area contributed by atoms with Gasteiger partial charge < -0.3 is 9.88 Å². The van der Waals surface area contributed by atoms with Crippen LogP contribution >= 0.6 is 0 Å². The van der Waals surface area contributed by atoms with E-state index in [4.69, 9.17) is 0 Å². The number of benzene rings is 2. The summed E-state index contributed by atoms with van der Waals surface area (Å²) >= 11 is 0. The molecule has 4 rings (SSSR count). The number of fused-ring (bicyclic) bond motifs is 3. The molecule has 1 unspecified atom stereocenters. The quantitative estimate of drug-likeness (QED) is 0.715. The lowest BCUT2D eigenvalue weighted by Gasteiger charge is -2.22. The van der Waals surface area contributed by atoms with Crippen molar-refractivity contribution in [2.24, 2.45) is 0 Å². The van der Waals surface area contributed by atoms with Crippen LogP contribution in [0.2, 0.25) is 0 Å². The number of imidazole rings is 1. The zero-order valence-corrected chi connectivity index (χ0v) is 13.3. The molecule has 0 aliphatic carbocycles. The fourth-order valence-corrected chi connectivity index (χ4v) is 3.18. The van der Waals surface area contributed by atoms with Gasteiger partial charge in [0.05, 0.1) is 11.0 Å². The zero-order valence-electron chi connectivity index (χ0n) is 13.3. The Labute approximate surface area is 145 Å². The third kappa shape index (κ3) is 2.54. The number of carbonyl (C=O) groups is 2. The van der Waals surface area contributed by atoms with E-state index in [9.17, 15) is 22.8 Å². The predicted molar refractivity (Wildman–Crippen MR) is 87.0 cm³/mol. The highest BCUT2D eigenvalue weighted by Gasteiger charge is 2.37. The number of Topliss-reactive ketones (excluding diaryl/α,β-unsaturated/α-hetero) is 1. The van der Waals surface area contributed by atoms with Crippen molar-refractivity contribution >= 4 is 28.4 Å². The number of aromatic nitrogens is 2. The van der Waals surface area contributed by atoms with Crippen LogP contribution in [0.1, 0.15) is 18.2 Å². The van der Waals surface area contributed by atoms with E-state index < -0.39 is 40.7 Å². The lowest BCUT2D eigenvalue weighted by atomic mass is 9.96. The Morgan fingerprint density at radius 2 is 1.85 bits per heavy atom. The highest BCUT2D eigenvalue weighted by atomic mass is 19.1. The number of rotatable bonds is 2. The molecule has 0 saturated heterocycles. The zero-order chi connectivity index (χ0) is 18.4. The average molecular weight is 359 g/mol. The van der Waals surface area contributed by atoms with Gasteiger partial charge in [0.15, 0.2) is 23.3 Å². The van der Waals surface area contributed by atoms with Crippen molar-refractivity contribution in [1.82, 2.24) is 9.55 Å². The third-order valence-corrected chi connectivity index (χ3v) is 4.36. The number of hydrogen-bond acceptors (Lipinski definition) is 3. The van der Waals surface area contributed by atoms with Crippen molar-refractivity contribution in [3.63, 3.8) is 0 Å². The van der Waals surface area contributed by atoms with Gasteiger partial charge in [0.25, 0.3) is 0 Å². The first kappa shape index (κ1) is 16.3. The Morgan fingerprint density at radius 1 is 1.15 bits per heavy atom. The van der Waals surface area contributed by atoms with Crippen molar-refractivity contribution in [1.29, 1.82) is 0 Å². The van der Waals surface area contributed by atoms with Crippen LogP contribution in [0.5, 0.6) is 0 Å². The molecule has 1 aliphatic heterocycles. The molecule has 1 amide bonds. The summed E-state index contributed by atoms with van der Waals surface area (Å²) in [5.74, 6) is -5.99. The molecule has 0 saturated carbocycles. The molecule has 0 radical (unpaired) electrons. The summed E-state index contributed by atoms with van der Waals surface area (Å²) in [7, 11) is 0. The summed E-state index contributed by atoms with van der Waals surface area (Å²) in [6, 6.07) is 8.07. The molecular weight excluding hydrogens is 347 g/mol. The van der Waals surface area contributed by atoms with Crippen molar-refractivity contribution in [3.8, 4) is 0 Å². The maximum Gasteiger partial charge on any atom is 0.242 e. The van der Waals surface area contributed by atoms with Gasteiger partial charge in [-0.2, -0.15) is 0 Å². The second kappa shape index (κ2) is 5.98. The predicted octanol–water partition coefficient (Wildman–Crippen LogP) is 3.15. The molecule has 8 heteroatoms. The topological polar surface area (TPSA) is 64.0 Å². The number of halogens is 3. The second-order valence-electron chi connectivity index (χ2n) is 5.99. The van der Waals surface area contributed by atoms with Gasteiger partial charge in [-0.15, -0.1) is 0 Å². The van der Waals surface area contributed by atoms with Crippen LogP contribution in [0.4, 0.5) is 18.9 Å². The Hall–Kier alpha value is -3.16. The van der Waals surface area contributed by atoms with Crippen LogP contribution in [-0.4, -0.2) is 21.2 Å². The van der Waals surface area contributed by atoms with Crippen LogP contribution < -0.4 is 5.32 Å². The smallest absolute Gasteiger partial charge is 0.242 e. The maximum atomic E-state index is 13.8. The number of ketones is 1. The molecule has 3 aromatic rings. The molecule has 5 nitrogen and oxygen atoms in total. The minimum atomic E-state index is -1.29. The number of hydrogen-bond donors (Lipinski definition) is 1. The summed E-state index contributed by atoms with van der Waals surface area (Å²) in [5.41, 5.74) is 0.596. The first-order valence-corrected chi connectivity index (χ1v) is 7.89. The molecular formula is C18H12F3N3O2. The van der Waals surface area contributed by atoms with Gasteiger partial charge in [0, 0.05) is 25.1 Å². The highest BCUT2D eigenvalue weighted by Crippen LogP contribution is 2.30. The fourth-order valence-electron chi connectivity index (χ4n) is 3.18. The fraction of sp³-hybridized carbons (Fsp3) is 0.167. The lowest BCUT2D eigenvalue weighted by molar-refractivity contribution is -0.128. The largest absolute Gasteiger partial charge is 0.326 e. The van der Waals surface area contributed by atoms with Crippen LogP contribution in [0.25, 0.3) is 11.0 Å². The average Bonchev–Trinajstić information content (AvgIpc) is 2.96. The molecule has 2 aromatic carbocycles. The van der Waals surface area contributed by atoms with Crippen LogP contribution in [0.3, 0.4) is 0 Å². The molecule has 1 aliphatic rings. The number of anilines is 1. The molecule has 0 fully saturated rings. The first-order valence-electron chi connectivity index (χ1n) is 7.89. The van der Waals surface area contributed by atoms with Gasteiger partial charge in [0.1, 0.15) is 17.3 Å². The molecule has 0 bridgehead atoms. The third-order valence-electron chi connectivity index (χ3n) is 4.36. The van der Waals surface area contributed by atoms with E-state index in [1.165, 1.54) is 0 Å². The number of nitrogens with one attached hydrogen (secondary N) is 1. The Kier molecular flexibility index (Phi) is 3.75. The minimum absolute atomic E-state index is 0.0970. The molecule has 1 atom stereocenters. The summed E-state index contributed by atoms with van der Waals surface area (Å²) < 4.78 is 42.4. The molecule has 26 heavy (non-hydrogen) atoms. The second-order valence-corrected chi connectivity index (χ2v) is 5.99. The van der Waals surface area contributed by atoms with E-state index in [1.807, 2.05) is 12.1 Å². The van der Waals surface area contributed by atoms with E-state index in [-0.39, 0.29) is 12.2 Å². The number of para-hydroxylation sites is 2. The first-order chi connectivity index (χ1) is 12.5. The van der Waals surface area contributed by atoms with Gasteiger partial charge in [-0.05, 0) is 12.1 Å². The molecule has 132 valence electrons. The highest BCUT2D eigenvalue weighted by molar-refractivity contribution is 6.12. The van der Waals surface area contributed by atoms with Gasteiger partial charge in [-0.25, -0.2) is 18.2 Å². The van der Waals surface area contributed by atoms with Gasteiger partial charge in [-0.3, -0.25) is 9.59 Å². The number of aryl methyl sites for hydroxylation is 1. The summed E-state index contributed by atoms with van der Waals surface area (Å²) in [6.45, 7) is 0.373. The van der Waals surface area contributed by atoms with E-state index in [0.717, 1.165) is 5.52 Å². The summed E-state index contributed by atoms with van der Waals surface area (Å²) in [4.78, 5) is 29.3. The van der Waals surface area contributed by atoms with Gasteiger partial charge >= 0.3 is 0 Å². The molecule has 0 spiro atoms. The van der Waals surface area contributed by atoms with E-state index >= 15 is 0 Å². The SMILES string of the molecule is O=C1CCn2c(nc3ccccc32)C1C(=O)Nc1c(F)cc(F)cc1F. The lowest BCUT2D eigenvalue weighted by Crippen LogP contribution is -2.34. The Balaban J connectivity index is 1.74. The number of carbonyl (C=O) groups excluding carboxylic acids is 2. The molecule has 1 aromatic heterocycles. The van der Waals surface area contributed by atoms with Crippen molar-refractivity contribution in [3.05, 3.63) is 59.7 Å². The van der Waals surface area contributed by atoms with Gasteiger partial charge in [0.2, 0.25) is 5.91 Å². The van der Waals surface area contributed by atoms with Crippen molar-refractivity contribution in [2.45, 2.75) is 18.9 Å². The van der Waals surface area contributed by atoms with Gasteiger partial charge in [-0.1, -0.05) is 12.1 Å². The Bertz CT molecular complexity index is 1040. The van der Waals surface area contributed by atoms with E-state index in [0.29, 0.717) is 24.2 Å². The van der Waals surface area contributed by atoms with Crippen LogP contribution in [0, 0.1) is 17.5 Å². The van der Waals surface area contributed by atoms with Crippen LogP contribution in [0.15, 0.2) is 36.4 Å². The Morgan fingerprint density at radius 3 is 2.58 bits per heavy atom. The van der Waals surface area contributed by atoms with E-state index in [1.54, 1.807) is 16.7 Å². The number of amides is 1. The normalized spacial score (nSPS) is 16.6. The van der Waals surface area contributed by atoms with Crippen molar-refractivity contribution < 1.29 is 22.8 Å².